The van der Waals surface area contributed by atoms with E-state index in [1.807, 2.05) is 6.92 Å². The summed E-state index contributed by atoms with van der Waals surface area (Å²) in [4.78, 5) is 21.3. The Morgan fingerprint density at radius 2 is 1.91 bits per heavy atom. The maximum atomic E-state index is 10.8. The molecule has 0 aliphatic carbocycles. The molecule has 0 aliphatic rings. The lowest BCUT2D eigenvalue weighted by Gasteiger charge is -2.11. The summed E-state index contributed by atoms with van der Waals surface area (Å²) in [6.07, 6.45) is 0.935. The lowest BCUT2D eigenvalue weighted by molar-refractivity contribution is -0.152. The van der Waals surface area contributed by atoms with Gasteiger partial charge in [-0.3, -0.25) is 9.59 Å². The third-order valence-electron chi connectivity index (χ3n) is 1.31. The maximum Gasteiger partial charge on any atom is 0.303 e. The van der Waals surface area contributed by atoms with Gasteiger partial charge in [0.1, 0.15) is 0 Å². The number of hydrogen-bond acceptors (Lipinski definition) is 3. The molecule has 0 fully saturated rings. The molecule has 0 bridgehead atoms. The zero-order valence-electron chi connectivity index (χ0n) is 7.22. The van der Waals surface area contributed by atoms with E-state index >= 15 is 0 Å². The number of ketones is 1. The number of carbonyl (C=O) groups excluding carboxylic acids is 2. The Hall–Kier alpha value is -0.860. The molecule has 64 valence electrons. The van der Waals surface area contributed by atoms with E-state index in [-0.39, 0.29) is 5.78 Å². The lowest BCUT2D eigenvalue weighted by Crippen LogP contribution is -2.23. The molecule has 1 atom stereocenters. The molecule has 0 N–H and O–H groups in total. The van der Waals surface area contributed by atoms with E-state index < -0.39 is 12.1 Å². The second-order valence-electron chi connectivity index (χ2n) is 2.50. The largest absolute Gasteiger partial charge is 0.455 e. The van der Waals surface area contributed by atoms with Crippen LogP contribution in [0, 0.1) is 0 Å². The van der Waals surface area contributed by atoms with Gasteiger partial charge < -0.3 is 4.74 Å². The Labute approximate surface area is 66.7 Å². The van der Waals surface area contributed by atoms with Crippen molar-refractivity contribution in [3.8, 4) is 0 Å². The average Bonchev–Trinajstić information content (AvgIpc) is 1.86. The SMILES string of the molecule is CCCC(OC(C)=O)C(C)=O. The van der Waals surface area contributed by atoms with Crippen molar-refractivity contribution in [1.82, 2.24) is 0 Å². The van der Waals surface area contributed by atoms with Crippen LogP contribution in [0.2, 0.25) is 0 Å². The molecular formula is C8H14O3. The summed E-state index contributed by atoms with van der Waals surface area (Å²) < 4.78 is 4.76. The van der Waals surface area contributed by atoms with E-state index in [4.69, 9.17) is 4.74 Å². The van der Waals surface area contributed by atoms with Gasteiger partial charge in [-0.05, 0) is 13.3 Å². The fourth-order valence-electron chi connectivity index (χ4n) is 0.808. The van der Waals surface area contributed by atoms with Crippen molar-refractivity contribution in [2.75, 3.05) is 0 Å². The highest BCUT2D eigenvalue weighted by Gasteiger charge is 2.15. The van der Waals surface area contributed by atoms with Crippen LogP contribution in [0.15, 0.2) is 0 Å². The van der Waals surface area contributed by atoms with Crippen LogP contribution < -0.4 is 0 Å². The molecule has 0 aromatic heterocycles. The molecule has 0 saturated heterocycles. The first-order valence-corrected chi connectivity index (χ1v) is 3.75. The van der Waals surface area contributed by atoms with Gasteiger partial charge in [0, 0.05) is 6.92 Å². The number of rotatable bonds is 4. The van der Waals surface area contributed by atoms with Gasteiger partial charge in [-0.2, -0.15) is 0 Å². The predicted molar refractivity (Wildman–Crippen MR) is 41.1 cm³/mol. The monoisotopic (exact) mass is 158 g/mol. The highest BCUT2D eigenvalue weighted by Crippen LogP contribution is 2.03. The lowest BCUT2D eigenvalue weighted by atomic mass is 10.1. The average molecular weight is 158 g/mol. The van der Waals surface area contributed by atoms with Crippen LogP contribution in [0.25, 0.3) is 0 Å². The molecule has 0 aromatic rings. The maximum absolute atomic E-state index is 10.8. The number of hydrogen-bond donors (Lipinski definition) is 0. The first kappa shape index (κ1) is 10.1. The van der Waals surface area contributed by atoms with Crippen molar-refractivity contribution in [3.05, 3.63) is 0 Å². The van der Waals surface area contributed by atoms with Crippen LogP contribution in [0.4, 0.5) is 0 Å². The fraction of sp³-hybridized carbons (Fsp3) is 0.750. The molecule has 0 radical (unpaired) electrons. The molecule has 11 heavy (non-hydrogen) atoms. The Balaban J connectivity index is 3.89. The molecule has 0 aromatic carbocycles. The van der Waals surface area contributed by atoms with Crippen LogP contribution in [-0.2, 0) is 14.3 Å². The van der Waals surface area contributed by atoms with E-state index in [0.717, 1.165) is 6.42 Å². The normalized spacial score (nSPS) is 12.3. The second-order valence-corrected chi connectivity index (χ2v) is 2.50. The van der Waals surface area contributed by atoms with Crippen molar-refractivity contribution in [3.63, 3.8) is 0 Å². The van der Waals surface area contributed by atoms with E-state index in [0.29, 0.717) is 6.42 Å². The second kappa shape index (κ2) is 4.88. The Bertz CT molecular complexity index is 151. The minimum Gasteiger partial charge on any atom is -0.455 e. The molecule has 0 amide bonds. The van der Waals surface area contributed by atoms with Crippen molar-refractivity contribution in [1.29, 1.82) is 0 Å². The summed E-state index contributed by atoms with van der Waals surface area (Å²) in [7, 11) is 0. The number of Topliss-reactive ketones (excluding diaryl/α,β-unsaturated/α-hetero) is 1. The van der Waals surface area contributed by atoms with E-state index in [2.05, 4.69) is 0 Å². The molecule has 0 rings (SSSR count). The van der Waals surface area contributed by atoms with Gasteiger partial charge in [0.25, 0.3) is 0 Å². The molecule has 3 nitrogen and oxygen atoms in total. The molecule has 3 heteroatoms. The summed E-state index contributed by atoms with van der Waals surface area (Å²) in [5, 5.41) is 0. The molecule has 0 aliphatic heterocycles. The van der Waals surface area contributed by atoms with E-state index in [1.54, 1.807) is 0 Å². The zero-order valence-corrected chi connectivity index (χ0v) is 7.22. The van der Waals surface area contributed by atoms with Crippen LogP contribution in [0.3, 0.4) is 0 Å². The van der Waals surface area contributed by atoms with Crippen LogP contribution >= 0.6 is 0 Å². The van der Waals surface area contributed by atoms with E-state index in [9.17, 15) is 9.59 Å². The van der Waals surface area contributed by atoms with Crippen molar-refractivity contribution in [2.24, 2.45) is 0 Å². The van der Waals surface area contributed by atoms with Crippen molar-refractivity contribution >= 4 is 11.8 Å². The van der Waals surface area contributed by atoms with Crippen LogP contribution in [0.5, 0.6) is 0 Å². The van der Waals surface area contributed by atoms with E-state index in [1.165, 1.54) is 13.8 Å². The third-order valence-corrected chi connectivity index (χ3v) is 1.31. The van der Waals surface area contributed by atoms with Crippen LogP contribution in [0.1, 0.15) is 33.6 Å². The van der Waals surface area contributed by atoms with Gasteiger partial charge in [0.05, 0.1) is 0 Å². The van der Waals surface area contributed by atoms with Crippen molar-refractivity contribution in [2.45, 2.75) is 39.7 Å². The van der Waals surface area contributed by atoms with Gasteiger partial charge in [0.15, 0.2) is 11.9 Å². The summed E-state index contributed by atoms with van der Waals surface area (Å²) in [5.74, 6) is -0.472. The zero-order chi connectivity index (χ0) is 8.85. The van der Waals surface area contributed by atoms with Crippen LogP contribution in [-0.4, -0.2) is 17.9 Å². The number of ether oxygens (including phenoxy) is 1. The molecule has 1 unspecified atom stereocenters. The Kier molecular flexibility index (Phi) is 4.50. The van der Waals surface area contributed by atoms with Gasteiger partial charge in [-0.1, -0.05) is 13.3 Å². The molecular weight excluding hydrogens is 144 g/mol. The van der Waals surface area contributed by atoms with Gasteiger partial charge in [-0.15, -0.1) is 0 Å². The molecule has 0 saturated carbocycles. The van der Waals surface area contributed by atoms with Crippen molar-refractivity contribution < 1.29 is 14.3 Å². The van der Waals surface area contributed by atoms with Gasteiger partial charge in [0.2, 0.25) is 0 Å². The number of carbonyl (C=O) groups is 2. The summed E-state index contributed by atoms with van der Waals surface area (Å²) in [6.45, 7) is 4.69. The standard InChI is InChI=1S/C8H14O3/c1-4-5-8(6(2)9)11-7(3)10/h8H,4-5H2,1-3H3. The third kappa shape index (κ3) is 4.53. The topological polar surface area (TPSA) is 43.4 Å². The predicted octanol–water partition coefficient (Wildman–Crippen LogP) is 1.31. The van der Waals surface area contributed by atoms with Gasteiger partial charge in [-0.25, -0.2) is 0 Å². The highest BCUT2D eigenvalue weighted by molar-refractivity contribution is 5.82. The molecule has 0 heterocycles. The smallest absolute Gasteiger partial charge is 0.303 e. The molecule has 0 spiro atoms. The first-order valence-electron chi connectivity index (χ1n) is 3.75. The fourth-order valence-corrected chi connectivity index (χ4v) is 0.808. The summed E-state index contributed by atoms with van der Waals surface area (Å²) in [6, 6.07) is 0. The highest BCUT2D eigenvalue weighted by atomic mass is 16.5. The Morgan fingerprint density at radius 1 is 1.36 bits per heavy atom. The summed E-state index contributed by atoms with van der Waals surface area (Å²) in [5.41, 5.74) is 0. The van der Waals surface area contributed by atoms with Gasteiger partial charge >= 0.3 is 5.97 Å². The minimum absolute atomic E-state index is 0.0814. The first-order chi connectivity index (χ1) is 5.07. The number of esters is 1. The quantitative estimate of drug-likeness (QED) is 0.579. The summed E-state index contributed by atoms with van der Waals surface area (Å²) >= 11 is 0. The Morgan fingerprint density at radius 3 is 2.18 bits per heavy atom. The minimum atomic E-state index is -0.530.